The summed E-state index contributed by atoms with van der Waals surface area (Å²) in [5.41, 5.74) is 2.98. The van der Waals surface area contributed by atoms with Gasteiger partial charge in [-0.05, 0) is 72.6 Å². The first-order valence-electron chi connectivity index (χ1n) is 16.4. The van der Waals surface area contributed by atoms with Crippen molar-refractivity contribution < 1.29 is 14.0 Å². The Labute approximate surface area is 276 Å². The summed E-state index contributed by atoms with van der Waals surface area (Å²) in [6.45, 7) is 2.79. The third kappa shape index (κ3) is 8.01. The van der Waals surface area contributed by atoms with Gasteiger partial charge in [0.25, 0.3) is 5.91 Å². The molecule has 10 heteroatoms. The number of halogens is 3. The molecule has 2 amide bonds. The minimum Gasteiger partial charge on any atom is -0.348 e. The number of hydrogen-bond acceptors (Lipinski definition) is 4. The van der Waals surface area contributed by atoms with Crippen molar-refractivity contribution in [3.05, 3.63) is 68.7 Å². The SMILES string of the molecule is CC1NC(F)CC2(CCCCCCCCCC2)C1c1cc(CN2CC(=O)N(C)C2=N)cc(C(=O)NCc2ccc(Cl)c(Cl)c2)c1. The maximum atomic E-state index is 15.4. The van der Waals surface area contributed by atoms with Gasteiger partial charge < -0.3 is 10.2 Å². The van der Waals surface area contributed by atoms with Crippen LogP contribution in [0.3, 0.4) is 0 Å². The van der Waals surface area contributed by atoms with E-state index in [1.165, 1.54) is 30.6 Å². The molecule has 3 aliphatic rings. The van der Waals surface area contributed by atoms with Crippen LogP contribution >= 0.6 is 23.2 Å². The lowest BCUT2D eigenvalue weighted by atomic mass is 9.60. The number of piperidine rings is 1. The van der Waals surface area contributed by atoms with Crippen LogP contribution in [0.15, 0.2) is 36.4 Å². The first kappa shape index (κ1) is 33.7. The van der Waals surface area contributed by atoms with E-state index in [0.29, 0.717) is 28.6 Å². The molecule has 2 aromatic rings. The van der Waals surface area contributed by atoms with E-state index in [1.807, 2.05) is 18.2 Å². The van der Waals surface area contributed by atoms with Crippen LogP contribution in [0.5, 0.6) is 0 Å². The molecule has 2 saturated heterocycles. The molecular formula is C35H46Cl2FN5O2. The summed E-state index contributed by atoms with van der Waals surface area (Å²) in [5, 5.41) is 15.6. The van der Waals surface area contributed by atoms with Gasteiger partial charge >= 0.3 is 0 Å². The van der Waals surface area contributed by atoms with Gasteiger partial charge in [-0.15, -0.1) is 0 Å². The number of alkyl halides is 1. The average molecular weight is 659 g/mol. The fourth-order valence-electron chi connectivity index (χ4n) is 7.83. The van der Waals surface area contributed by atoms with Crippen LogP contribution in [-0.2, 0) is 17.9 Å². The smallest absolute Gasteiger partial charge is 0.251 e. The predicted molar refractivity (Wildman–Crippen MR) is 178 cm³/mol. The van der Waals surface area contributed by atoms with E-state index in [2.05, 4.69) is 23.6 Å². The maximum absolute atomic E-state index is 15.4. The van der Waals surface area contributed by atoms with Gasteiger partial charge in [0.1, 0.15) is 6.54 Å². The van der Waals surface area contributed by atoms with Crippen LogP contribution in [0, 0.1) is 10.8 Å². The number of guanidine groups is 1. The normalized spacial score (nSPS) is 24.5. The van der Waals surface area contributed by atoms with Gasteiger partial charge in [0, 0.05) is 37.7 Å². The van der Waals surface area contributed by atoms with Crippen molar-refractivity contribution in [2.24, 2.45) is 5.41 Å². The largest absolute Gasteiger partial charge is 0.348 e. The van der Waals surface area contributed by atoms with Crippen LogP contribution in [0.2, 0.25) is 10.0 Å². The summed E-state index contributed by atoms with van der Waals surface area (Å²) >= 11 is 12.3. The van der Waals surface area contributed by atoms with Crippen LogP contribution in [0.1, 0.15) is 111 Å². The van der Waals surface area contributed by atoms with Gasteiger partial charge in [0.15, 0.2) is 6.30 Å². The van der Waals surface area contributed by atoms with Crippen LogP contribution < -0.4 is 10.6 Å². The topological polar surface area (TPSA) is 88.5 Å². The van der Waals surface area contributed by atoms with E-state index in [4.69, 9.17) is 28.6 Å². The highest BCUT2D eigenvalue weighted by atomic mass is 35.5. The van der Waals surface area contributed by atoms with Gasteiger partial charge in [-0.3, -0.25) is 25.2 Å². The average Bonchev–Trinajstić information content (AvgIpc) is 3.21. The zero-order valence-corrected chi connectivity index (χ0v) is 28.0. The number of likely N-dealkylation sites (N-methyl/N-ethyl adjacent to an activating group) is 1. The highest BCUT2D eigenvalue weighted by Crippen LogP contribution is 2.53. The molecular weight excluding hydrogens is 612 g/mol. The third-order valence-corrected chi connectivity index (χ3v) is 10.8. The molecule has 0 bridgehead atoms. The molecule has 7 nitrogen and oxygen atoms in total. The molecule has 3 fully saturated rings. The quantitative estimate of drug-likeness (QED) is 0.277. The highest BCUT2D eigenvalue weighted by molar-refractivity contribution is 6.42. The summed E-state index contributed by atoms with van der Waals surface area (Å²) in [7, 11) is 1.61. The molecule has 2 aromatic carbocycles. The predicted octanol–water partition coefficient (Wildman–Crippen LogP) is 7.79. The monoisotopic (exact) mass is 657 g/mol. The van der Waals surface area contributed by atoms with Crippen LogP contribution in [0.25, 0.3) is 0 Å². The molecule has 2 heterocycles. The Balaban J connectivity index is 1.50. The van der Waals surface area contributed by atoms with Crippen LogP contribution in [-0.4, -0.2) is 53.5 Å². The number of nitrogens with zero attached hydrogens (tertiary/aromatic N) is 2. The van der Waals surface area contributed by atoms with E-state index >= 15 is 4.39 Å². The number of carbonyl (C=O) groups is 2. The summed E-state index contributed by atoms with van der Waals surface area (Å²) < 4.78 is 15.4. The molecule has 2 aliphatic heterocycles. The van der Waals surface area contributed by atoms with E-state index in [9.17, 15) is 9.59 Å². The Bertz CT molecular complexity index is 1390. The molecule has 1 saturated carbocycles. The number of carbonyl (C=O) groups excluding carboxylic acids is 2. The standard InChI is InChI=1S/C35H46Cl2FN5O2/c1-23-32(35(19-30(38)41-23)13-9-7-5-3-4-6-8-10-14-35)26-15-25(21-43-22-31(44)42(2)34(43)39)16-27(18-26)33(45)40-20-24-11-12-28(36)29(37)17-24/h11-12,15-18,23,30,32,39,41H,3-10,13-14,19-22H2,1-2H3,(H,40,45). The van der Waals surface area contributed by atoms with Crippen molar-refractivity contribution in [2.45, 2.75) is 109 Å². The number of benzene rings is 2. The van der Waals surface area contributed by atoms with Crippen molar-refractivity contribution in [3.63, 3.8) is 0 Å². The second kappa shape index (κ2) is 14.8. The molecule has 3 N–H and O–H groups in total. The number of amides is 2. The van der Waals surface area contributed by atoms with E-state index in [0.717, 1.165) is 55.2 Å². The van der Waals surface area contributed by atoms with Crippen molar-refractivity contribution in [2.75, 3.05) is 13.6 Å². The molecule has 1 spiro atoms. The second-order valence-electron chi connectivity index (χ2n) is 13.3. The minimum absolute atomic E-state index is 0.00848. The molecule has 3 atom stereocenters. The first-order valence-corrected chi connectivity index (χ1v) is 17.2. The highest BCUT2D eigenvalue weighted by Gasteiger charge is 2.47. The maximum Gasteiger partial charge on any atom is 0.251 e. The molecule has 45 heavy (non-hydrogen) atoms. The lowest BCUT2D eigenvalue weighted by molar-refractivity contribution is -0.124. The molecule has 3 unspecified atom stereocenters. The summed E-state index contributed by atoms with van der Waals surface area (Å²) in [6, 6.07) is 11.1. The fourth-order valence-corrected chi connectivity index (χ4v) is 8.15. The Morgan fingerprint density at radius 1 is 1.00 bits per heavy atom. The van der Waals surface area contributed by atoms with Gasteiger partial charge in [0.05, 0.1) is 10.0 Å². The molecule has 0 aromatic heterocycles. The summed E-state index contributed by atoms with van der Waals surface area (Å²) in [6.07, 6.45) is 10.8. The Kier molecular flexibility index (Phi) is 11.1. The second-order valence-corrected chi connectivity index (χ2v) is 14.1. The zero-order valence-electron chi connectivity index (χ0n) is 26.4. The summed E-state index contributed by atoms with van der Waals surface area (Å²) in [5.74, 6) is -0.214. The lowest BCUT2D eigenvalue weighted by Crippen LogP contribution is -2.53. The molecule has 0 radical (unpaired) electrons. The third-order valence-electron chi connectivity index (χ3n) is 10.1. The zero-order chi connectivity index (χ0) is 32.1. The molecule has 1 aliphatic carbocycles. The Hall–Kier alpha value is -2.68. The van der Waals surface area contributed by atoms with Crippen LogP contribution in [0.4, 0.5) is 4.39 Å². The lowest BCUT2D eigenvalue weighted by Gasteiger charge is -2.50. The van der Waals surface area contributed by atoms with Crippen molar-refractivity contribution in [1.82, 2.24) is 20.4 Å². The van der Waals surface area contributed by atoms with Crippen molar-refractivity contribution in [3.8, 4) is 0 Å². The van der Waals surface area contributed by atoms with E-state index < -0.39 is 6.30 Å². The number of nitrogens with one attached hydrogen (secondary N) is 3. The first-order chi connectivity index (χ1) is 21.6. The minimum atomic E-state index is -1.06. The van der Waals surface area contributed by atoms with Gasteiger partial charge in [-0.25, -0.2) is 4.39 Å². The Morgan fingerprint density at radius 3 is 2.29 bits per heavy atom. The fraction of sp³-hybridized carbons (Fsp3) is 0.571. The van der Waals surface area contributed by atoms with E-state index in [1.54, 1.807) is 24.1 Å². The van der Waals surface area contributed by atoms with Gasteiger partial charge in [0.2, 0.25) is 11.9 Å². The molecule has 5 rings (SSSR count). The number of hydrogen-bond donors (Lipinski definition) is 3. The van der Waals surface area contributed by atoms with E-state index in [-0.39, 0.29) is 48.2 Å². The van der Waals surface area contributed by atoms with Gasteiger partial charge in [-0.1, -0.05) is 86.7 Å². The van der Waals surface area contributed by atoms with Crippen molar-refractivity contribution >= 4 is 41.0 Å². The van der Waals surface area contributed by atoms with Gasteiger partial charge in [-0.2, -0.15) is 0 Å². The Morgan fingerprint density at radius 2 is 1.67 bits per heavy atom. The molecule has 244 valence electrons. The van der Waals surface area contributed by atoms with Crippen molar-refractivity contribution in [1.29, 1.82) is 5.41 Å². The number of rotatable bonds is 6. The summed E-state index contributed by atoms with van der Waals surface area (Å²) in [4.78, 5) is 29.2.